The van der Waals surface area contributed by atoms with Crippen LogP contribution >= 0.6 is 0 Å². The fourth-order valence-electron chi connectivity index (χ4n) is 4.72. The Labute approximate surface area is 217 Å². The molecule has 0 radical (unpaired) electrons. The van der Waals surface area contributed by atoms with Crippen LogP contribution in [0.4, 0.5) is 0 Å². The Kier molecular flexibility index (Phi) is 7.88. The third-order valence-corrected chi connectivity index (χ3v) is 6.44. The highest BCUT2D eigenvalue weighted by Gasteiger charge is 2.46. The van der Waals surface area contributed by atoms with E-state index in [2.05, 4.69) is 6.58 Å². The first kappa shape index (κ1) is 26.3. The average molecular weight is 507 g/mol. The molecule has 2 aromatic rings. The number of hydrogen-bond donors (Lipinski definition) is 1. The van der Waals surface area contributed by atoms with Crippen LogP contribution in [0, 0.1) is 0 Å². The summed E-state index contributed by atoms with van der Waals surface area (Å²) in [7, 11) is 3.80. The summed E-state index contributed by atoms with van der Waals surface area (Å²) >= 11 is 0. The molecule has 0 saturated carbocycles. The second-order valence-electron chi connectivity index (χ2n) is 9.49. The monoisotopic (exact) mass is 506 g/mol. The molecule has 2 aliphatic rings. The molecule has 0 spiro atoms. The number of Topliss-reactive ketones (excluding diaryl/α,β-unsaturated/α-hetero) is 1. The lowest BCUT2D eigenvalue weighted by atomic mass is 9.94. The summed E-state index contributed by atoms with van der Waals surface area (Å²) in [5.74, 6) is 0.228. The fourth-order valence-corrected chi connectivity index (χ4v) is 4.72. The molecule has 0 bridgehead atoms. The average Bonchev–Trinajstić information content (AvgIpc) is 3.36. The molecule has 1 amide bonds. The van der Waals surface area contributed by atoms with Gasteiger partial charge in [0.1, 0.15) is 24.2 Å². The minimum atomic E-state index is -0.781. The first-order chi connectivity index (χ1) is 17.7. The summed E-state index contributed by atoms with van der Waals surface area (Å²) < 4.78 is 17.3. The Morgan fingerprint density at radius 1 is 1.19 bits per heavy atom. The summed E-state index contributed by atoms with van der Waals surface area (Å²) in [6.45, 7) is 9.11. The number of ketones is 1. The van der Waals surface area contributed by atoms with E-state index >= 15 is 0 Å². The van der Waals surface area contributed by atoms with Crippen molar-refractivity contribution in [2.75, 3.05) is 40.4 Å². The van der Waals surface area contributed by atoms with Gasteiger partial charge in [-0.05, 0) is 69.4 Å². The smallest absolute Gasteiger partial charge is 0.295 e. The zero-order valence-corrected chi connectivity index (χ0v) is 21.8. The van der Waals surface area contributed by atoms with Gasteiger partial charge in [0, 0.05) is 25.1 Å². The molecular weight excluding hydrogens is 472 g/mol. The summed E-state index contributed by atoms with van der Waals surface area (Å²) in [4.78, 5) is 30.0. The van der Waals surface area contributed by atoms with Gasteiger partial charge in [0.2, 0.25) is 0 Å². The van der Waals surface area contributed by atoms with Gasteiger partial charge in [0.15, 0.2) is 11.5 Å². The number of fused-ring (bicyclic) bond motifs is 1. The Morgan fingerprint density at radius 3 is 2.68 bits per heavy atom. The summed E-state index contributed by atoms with van der Waals surface area (Å²) in [6, 6.07) is 9.88. The number of hydrogen-bond acceptors (Lipinski definition) is 7. The van der Waals surface area contributed by atoms with Crippen molar-refractivity contribution in [3.8, 4) is 17.2 Å². The van der Waals surface area contributed by atoms with Crippen LogP contribution in [0.25, 0.3) is 5.76 Å². The third kappa shape index (κ3) is 5.34. The van der Waals surface area contributed by atoms with Gasteiger partial charge < -0.3 is 29.1 Å². The molecule has 1 saturated heterocycles. The first-order valence-electron chi connectivity index (χ1n) is 12.5. The molecule has 2 heterocycles. The maximum Gasteiger partial charge on any atom is 0.295 e. The van der Waals surface area contributed by atoms with E-state index < -0.39 is 17.7 Å². The van der Waals surface area contributed by atoms with Crippen LogP contribution in [0.3, 0.4) is 0 Å². The zero-order valence-electron chi connectivity index (χ0n) is 21.8. The minimum Gasteiger partial charge on any atom is -0.507 e. The summed E-state index contributed by atoms with van der Waals surface area (Å²) in [6.07, 6.45) is 2.39. The number of aliphatic hydroxyl groups excluding tert-OH is 1. The van der Waals surface area contributed by atoms with Crippen molar-refractivity contribution in [2.24, 2.45) is 0 Å². The molecule has 0 aromatic heterocycles. The predicted octanol–water partition coefficient (Wildman–Crippen LogP) is 3.96. The van der Waals surface area contributed by atoms with E-state index in [1.165, 1.54) is 4.90 Å². The highest BCUT2D eigenvalue weighted by Crippen LogP contribution is 2.42. The van der Waals surface area contributed by atoms with Crippen LogP contribution in [0.2, 0.25) is 0 Å². The normalized spacial score (nSPS) is 20.2. The number of rotatable bonds is 10. The number of aliphatic hydroxyl groups is 1. The molecule has 2 aliphatic heterocycles. The zero-order chi connectivity index (χ0) is 26.7. The molecule has 8 nitrogen and oxygen atoms in total. The Bertz CT molecular complexity index is 1230. The second kappa shape index (κ2) is 11.1. The number of likely N-dealkylation sites (tertiary alicyclic amines) is 1. The van der Waals surface area contributed by atoms with Crippen molar-refractivity contribution in [1.82, 2.24) is 9.80 Å². The minimum absolute atomic E-state index is 0.0443. The van der Waals surface area contributed by atoms with E-state index in [9.17, 15) is 14.7 Å². The van der Waals surface area contributed by atoms with Crippen molar-refractivity contribution < 1.29 is 28.9 Å². The molecule has 196 valence electrons. The van der Waals surface area contributed by atoms with E-state index in [4.69, 9.17) is 14.2 Å². The topological polar surface area (TPSA) is 88.5 Å². The van der Waals surface area contributed by atoms with E-state index in [0.717, 1.165) is 11.3 Å². The molecule has 0 unspecified atom stereocenters. The van der Waals surface area contributed by atoms with Gasteiger partial charge in [-0.2, -0.15) is 0 Å². The highest BCUT2D eigenvalue weighted by atomic mass is 16.5. The van der Waals surface area contributed by atoms with E-state index in [-0.39, 0.29) is 17.4 Å². The van der Waals surface area contributed by atoms with Gasteiger partial charge in [0.05, 0.1) is 18.2 Å². The number of benzene rings is 2. The van der Waals surface area contributed by atoms with E-state index in [0.29, 0.717) is 55.4 Å². The van der Waals surface area contributed by atoms with Crippen LogP contribution in [0.5, 0.6) is 17.2 Å². The highest BCUT2D eigenvalue weighted by molar-refractivity contribution is 6.46. The molecule has 4 rings (SSSR count). The summed E-state index contributed by atoms with van der Waals surface area (Å²) in [5.41, 5.74) is 2.13. The molecule has 37 heavy (non-hydrogen) atoms. The molecule has 1 fully saturated rings. The van der Waals surface area contributed by atoms with Crippen LogP contribution < -0.4 is 14.2 Å². The van der Waals surface area contributed by atoms with Crippen molar-refractivity contribution in [3.63, 3.8) is 0 Å². The Balaban J connectivity index is 1.83. The van der Waals surface area contributed by atoms with E-state index in [1.807, 2.05) is 38.9 Å². The standard InChI is InChI=1S/C29H34N2O6/c1-6-14-36-23-11-8-19(17-24(23)35-7-2)26-25(28(33)29(34)31(26)13-12-30(4)5)27(32)20-9-10-22-21(16-20)15-18(3)37-22/h6,8-11,16-18,26,32H,1,7,12-15H2,2-5H3/b27-25+/t18-,26-/m1/s1. The van der Waals surface area contributed by atoms with Crippen LogP contribution in [0.1, 0.15) is 36.6 Å². The molecule has 1 N–H and O–H groups in total. The number of carbonyl (C=O) groups excluding carboxylic acids is 2. The lowest BCUT2D eigenvalue weighted by Gasteiger charge is -2.27. The van der Waals surface area contributed by atoms with E-state index in [1.54, 1.807) is 36.4 Å². The number of nitrogens with zero attached hydrogens (tertiary/aromatic N) is 2. The van der Waals surface area contributed by atoms with Crippen molar-refractivity contribution in [2.45, 2.75) is 32.4 Å². The van der Waals surface area contributed by atoms with Crippen LogP contribution in [-0.4, -0.2) is 73.1 Å². The van der Waals surface area contributed by atoms with Gasteiger partial charge >= 0.3 is 0 Å². The Morgan fingerprint density at radius 2 is 1.97 bits per heavy atom. The maximum atomic E-state index is 13.3. The molecule has 0 aliphatic carbocycles. The Hall–Kier alpha value is -3.78. The van der Waals surface area contributed by atoms with Gasteiger partial charge in [0.25, 0.3) is 11.7 Å². The quantitative estimate of drug-likeness (QED) is 0.226. The van der Waals surface area contributed by atoms with Gasteiger partial charge in [-0.3, -0.25) is 9.59 Å². The number of amides is 1. The lowest BCUT2D eigenvalue weighted by molar-refractivity contribution is -0.140. The summed E-state index contributed by atoms with van der Waals surface area (Å²) in [5, 5.41) is 11.4. The lowest BCUT2D eigenvalue weighted by Crippen LogP contribution is -2.35. The van der Waals surface area contributed by atoms with Crippen LogP contribution in [-0.2, 0) is 16.0 Å². The molecular formula is C29H34N2O6. The molecule has 2 aromatic carbocycles. The number of ether oxygens (including phenoxy) is 3. The number of carbonyl (C=O) groups is 2. The second-order valence-corrected chi connectivity index (χ2v) is 9.49. The molecule has 8 heteroatoms. The maximum absolute atomic E-state index is 13.3. The molecule has 2 atom stereocenters. The fraction of sp³-hybridized carbons (Fsp3) is 0.379. The third-order valence-electron chi connectivity index (χ3n) is 6.44. The van der Waals surface area contributed by atoms with Gasteiger partial charge in [-0.15, -0.1) is 0 Å². The van der Waals surface area contributed by atoms with Crippen molar-refractivity contribution in [3.05, 3.63) is 71.3 Å². The number of likely N-dealkylation sites (N-methyl/N-ethyl adjacent to an activating group) is 1. The van der Waals surface area contributed by atoms with Crippen molar-refractivity contribution >= 4 is 17.4 Å². The first-order valence-corrected chi connectivity index (χ1v) is 12.5. The predicted molar refractivity (Wildman–Crippen MR) is 141 cm³/mol. The van der Waals surface area contributed by atoms with Gasteiger partial charge in [-0.25, -0.2) is 0 Å². The SMILES string of the molecule is C=CCOc1ccc([C@@H]2/C(=C(\O)c3ccc4c(c3)C[C@@H](C)O4)C(=O)C(=O)N2CCN(C)C)cc1OCC. The van der Waals surface area contributed by atoms with Gasteiger partial charge in [-0.1, -0.05) is 18.7 Å². The van der Waals surface area contributed by atoms with Crippen molar-refractivity contribution in [1.29, 1.82) is 0 Å². The largest absolute Gasteiger partial charge is 0.507 e. The van der Waals surface area contributed by atoms with Crippen LogP contribution in [0.15, 0.2) is 54.6 Å².